The molecule has 2 aromatic carbocycles. The van der Waals surface area contributed by atoms with Crippen molar-refractivity contribution in [3.05, 3.63) is 65.2 Å². The quantitative estimate of drug-likeness (QED) is 0.719. The maximum Gasteiger partial charge on any atom is 0.317 e. The fraction of sp³-hybridized carbons (Fsp3) is 0.222. The number of aryl methyl sites for hydroxylation is 1. The van der Waals surface area contributed by atoms with Crippen LogP contribution in [0.25, 0.3) is 0 Å². The molecule has 2 aromatic rings. The van der Waals surface area contributed by atoms with Crippen LogP contribution in [0, 0.1) is 0 Å². The Labute approximate surface area is 150 Å². The van der Waals surface area contributed by atoms with Crippen LogP contribution in [-0.4, -0.2) is 21.6 Å². The molecule has 0 aromatic heterocycles. The maximum atomic E-state index is 12.0. The van der Waals surface area contributed by atoms with E-state index in [4.69, 9.17) is 11.6 Å². The normalized spacial score (nSPS) is 11.7. The molecule has 4 nitrogen and oxygen atoms in total. The SMILES string of the molecule is O=C(Nc1ccccc1)SC(CCCc1ccc(Cl)cc1)C(=O)O. The van der Waals surface area contributed by atoms with Crippen molar-refractivity contribution in [1.29, 1.82) is 0 Å². The summed E-state index contributed by atoms with van der Waals surface area (Å²) in [5, 5.41) is 11.5. The van der Waals surface area contributed by atoms with E-state index in [2.05, 4.69) is 5.32 Å². The molecule has 0 spiro atoms. The topological polar surface area (TPSA) is 66.4 Å². The number of thioether (sulfide) groups is 1. The molecule has 1 atom stereocenters. The Morgan fingerprint density at radius 1 is 1.08 bits per heavy atom. The summed E-state index contributed by atoms with van der Waals surface area (Å²) in [5.74, 6) is -0.973. The molecule has 0 aliphatic carbocycles. The maximum absolute atomic E-state index is 12.0. The first kappa shape index (κ1) is 18.4. The van der Waals surface area contributed by atoms with Gasteiger partial charge in [0.05, 0.1) is 0 Å². The molecular weight excluding hydrogens is 346 g/mol. The van der Waals surface area contributed by atoms with Crippen molar-refractivity contribution in [2.45, 2.75) is 24.5 Å². The van der Waals surface area contributed by atoms with E-state index in [0.29, 0.717) is 23.6 Å². The zero-order chi connectivity index (χ0) is 17.4. The number of halogens is 1. The Morgan fingerprint density at radius 2 is 1.75 bits per heavy atom. The first-order chi connectivity index (χ1) is 11.5. The summed E-state index contributed by atoms with van der Waals surface area (Å²) in [7, 11) is 0. The molecule has 0 fully saturated rings. The van der Waals surface area contributed by atoms with Gasteiger partial charge in [-0.3, -0.25) is 9.59 Å². The highest BCUT2D eigenvalue weighted by Crippen LogP contribution is 2.21. The van der Waals surface area contributed by atoms with E-state index in [9.17, 15) is 14.7 Å². The molecule has 1 amide bonds. The van der Waals surface area contributed by atoms with Crippen LogP contribution in [0.1, 0.15) is 18.4 Å². The lowest BCUT2D eigenvalue weighted by molar-refractivity contribution is -0.136. The van der Waals surface area contributed by atoms with Gasteiger partial charge in [0.1, 0.15) is 5.25 Å². The second-order valence-electron chi connectivity index (χ2n) is 5.24. The lowest BCUT2D eigenvalue weighted by Gasteiger charge is -2.12. The number of rotatable bonds is 7. The highest BCUT2D eigenvalue weighted by atomic mass is 35.5. The summed E-state index contributed by atoms with van der Waals surface area (Å²) in [4.78, 5) is 23.3. The summed E-state index contributed by atoms with van der Waals surface area (Å²) in [5.41, 5.74) is 1.75. The molecule has 0 aliphatic rings. The highest BCUT2D eigenvalue weighted by molar-refractivity contribution is 8.14. The second-order valence-corrected chi connectivity index (χ2v) is 6.85. The number of amides is 1. The van der Waals surface area contributed by atoms with E-state index in [-0.39, 0.29) is 5.24 Å². The van der Waals surface area contributed by atoms with Gasteiger partial charge in [0.25, 0.3) is 5.24 Å². The van der Waals surface area contributed by atoms with Gasteiger partial charge in [-0.25, -0.2) is 0 Å². The first-order valence-electron chi connectivity index (χ1n) is 7.54. The molecule has 0 aliphatic heterocycles. The number of carboxylic acid groups (broad SMARTS) is 1. The lowest BCUT2D eigenvalue weighted by Crippen LogP contribution is -2.20. The van der Waals surface area contributed by atoms with Gasteiger partial charge in [-0.1, -0.05) is 41.9 Å². The number of aliphatic carboxylic acids is 1. The summed E-state index contributed by atoms with van der Waals surface area (Å²) < 4.78 is 0. The fourth-order valence-electron chi connectivity index (χ4n) is 2.17. The van der Waals surface area contributed by atoms with Gasteiger partial charge in [-0.05, 0) is 60.9 Å². The number of hydrogen-bond donors (Lipinski definition) is 2. The van der Waals surface area contributed by atoms with E-state index in [1.54, 1.807) is 24.3 Å². The van der Waals surface area contributed by atoms with Crippen molar-refractivity contribution in [2.24, 2.45) is 0 Å². The van der Waals surface area contributed by atoms with Crippen LogP contribution in [0.4, 0.5) is 10.5 Å². The van der Waals surface area contributed by atoms with Crippen molar-refractivity contribution in [3.63, 3.8) is 0 Å². The zero-order valence-corrected chi connectivity index (χ0v) is 14.5. The summed E-state index contributed by atoms with van der Waals surface area (Å²) in [6.45, 7) is 0. The largest absolute Gasteiger partial charge is 0.480 e. The van der Waals surface area contributed by atoms with Crippen molar-refractivity contribution < 1.29 is 14.7 Å². The van der Waals surface area contributed by atoms with Crippen LogP contribution in [-0.2, 0) is 11.2 Å². The van der Waals surface area contributed by atoms with Crippen LogP contribution in [0.15, 0.2) is 54.6 Å². The van der Waals surface area contributed by atoms with E-state index in [1.165, 1.54) is 0 Å². The standard InChI is InChI=1S/C18H18ClNO3S/c19-14-11-9-13(10-12-14)5-4-8-16(17(21)22)24-18(23)20-15-6-2-1-3-7-15/h1-3,6-7,9-12,16H,4-5,8H2,(H,20,23)(H,21,22). The molecule has 0 saturated heterocycles. The van der Waals surface area contributed by atoms with Crippen LogP contribution in [0.5, 0.6) is 0 Å². The molecule has 126 valence electrons. The number of carbonyl (C=O) groups excluding carboxylic acids is 1. The predicted molar refractivity (Wildman–Crippen MR) is 98.9 cm³/mol. The molecular formula is C18H18ClNO3S. The Kier molecular flexibility index (Phi) is 7.15. The molecule has 6 heteroatoms. The van der Waals surface area contributed by atoms with Crippen LogP contribution >= 0.6 is 23.4 Å². The molecule has 1 unspecified atom stereocenters. The van der Waals surface area contributed by atoms with Gasteiger partial charge in [0.15, 0.2) is 0 Å². The first-order valence-corrected chi connectivity index (χ1v) is 8.80. The van der Waals surface area contributed by atoms with E-state index < -0.39 is 11.2 Å². The van der Waals surface area contributed by atoms with Crippen molar-refractivity contribution >= 4 is 40.3 Å². The van der Waals surface area contributed by atoms with Crippen molar-refractivity contribution in [3.8, 4) is 0 Å². The van der Waals surface area contributed by atoms with Gasteiger partial charge in [-0.15, -0.1) is 0 Å². The van der Waals surface area contributed by atoms with Crippen molar-refractivity contribution in [2.75, 3.05) is 5.32 Å². The summed E-state index contributed by atoms with van der Waals surface area (Å²) in [6.07, 6.45) is 1.86. The van der Waals surface area contributed by atoms with Gasteiger partial charge < -0.3 is 10.4 Å². The number of carboxylic acids is 1. The number of anilines is 1. The number of carbonyl (C=O) groups is 2. The van der Waals surface area contributed by atoms with E-state index >= 15 is 0 Å². The third-order valence-corrected chi connectivity index (χ3v) is 4.68. The van der Waals surface area contributed by atoms with Crippen LogP contribution in [0.3, 0.4) is 0 Å². The third kappa shape index (κ3) is 6.26. The van der Waals surface area contributed by atoms with Gasteiger partial charge >= 0.3 is 5.97 Å². The Hall–Kier alpha value is -1.98. The number of para-hydroxylation sites is 1. The van der Waals surface area contributed by atoms with E-state index in [0.717, 1.165) is 23.7 Å². The molecule has 2 N–H and O–H groups in total. The predicted octanol–water partition coefficient (Wildman–Crippen LogP) is 5.08. The minimum absolute atomic E-state index is 0.361. The van der Waals surface area contributed by atoms with Crippen LogP contribution in [0.2, 0.25) is 5.02 Å². The van der Waals surface area contributed by atoms with Gasteiger partial charge in [0, 0.05) is 10.7 Å². The van der Waals surface area contributed by atoms with Crippen LogP contribution < -0.4 is 5.32 Å². The zero-order valence-electron chi connectivity index (χ0n) is 12.9. The highest BCUT2D eigenvalue weighted by Gasteiger charge is 2.21. The molecule has 0 bridgehead atoms. The number of benzene rings is 2. The second kappa shape index (κ2) is 9.35. The summed E-state index contributed by atoms with van der Waals surface area (Å²) in [6, 6.07) is 16.5. The van der Waals surface area contributed by atoms with E-state index in [1.807, 2.05) is 30.3 Å². The lowest BCUT2D eigenvalue weighted by atomic mass is 10.1. The average molecular weight is 364 g/mol. The molecule has 0 radical (unpaired) electrons. The average Bonchev–Trinajstić information content (AvgIpc) is 2.56. The minimum Gasteiger partial charge on any atom is -0.480 e. The fourth-order valence-corrected chi connectivity index (χ4v) is 3.12. The van der Waals surface area contributed by atoms with Crippen molar-refractivity contribution in [1.82, 2.24) is 0 Å². The molecule has 0 saturated carbocycles. The minimum atomic E-state index is -0.973. The molecule has 2 rings (SSSR count). The van der Waals surface area contributed by atoms with Gasteiger partial charge in [0.2, 0.25) is 0 Å². The Morgan fingerprint density at radius 3 is 2.38 bits per heavy atom. The third-order valence-electron chi connectivity index (χ3n) is 3.39. The van der Waals surface area contributed by atoms with Gasteiger partial charge in [-0.2, -0.15) is 0 Å². The number of nitrogens with one attached hydrogen (secondary N) is 1. The summed E-state index contributed by atoms with van der Waals surface area (Å²) >= 11 is 6.65. The molecule has 24 heavy (non-hydrogen) atoms. The Bertz CT molecular complexity index is 676. The number of hydrogen-bond acceptors (Lipinski definition) is 3. The monoisotopic (exact) mass is 363 g/mol. The Balaban J connectivity index is 1.81. The smallest absolute Gasteiger partial charge is 0.317 e. The molecule has 0 heterocycles.